The van der Waals surface area contributed by atoms with Crippen LogP contribution in [0.1, 0.15) is 25.7 Å². The minimum atomic E-state index is -0.294. The molecule has 0 spiro atoms. The highest BCUT2D eigenvalue weighted by Gasteiger charge is 2.20. The molecule has 0 saturated heterocycles. The maximum Gasteiger partial charge on any atom is 0.203 e. The first-order valence-corrected chi connectivity index (χ1v) is 7.67. The fraction of sp³-hybridized carbons (Fsp3) is 0.467. The van der Waals surface area contributed by atoms with Gasteiger partial charge in [-0.25, -0.2) is 9.07 Å². The van der Waals surface area contributed by atoms with Gasteiger partial charge in [0.25, 0.3) is 0 Å². The lowest BCUT2D eigenvalue weighted by Gasteiger charge is -2.23. The zero-order valence-corrected chi connectivity index (χ0v) is 12.9. The van der Waals surface area contributed by atoms with E-state index in [0.717, 1.165) is 0 Å². The van der Waals surface area contributed by atoms with Crippen molar-refractivity contribution in [3.63, 3.8) is 0 Å². The summed E-state index contributed by atoms with van der Waals surface area (Å²) in [7, 11) is 2.10. The Bertz CT molecular complexity index is 672. The number of benzene rings is 1. The van der Waals surface area contributed by atoms with Crippen molar-refractivity contribution in [2.45, 2.75) is 38.4 Å². The van der Waals surface area contributed by atoms with Gasteiger partial charge in [-0.05, 0) is 44.2 Å². The minimum Gasteiger partial charge on any atom is -0.284 e. The highest BCUT2D eigenvalue weighted by atomic mass is 32.1. The molecule has 4 nitrogen and oxygen atoms in total. The van der Waals surface area contributed by atoms with E-state index in [-0.39, 0.29) is 5.82 Å². The Balaban J connectivity index is 1.83. The summed E-state index contributed by atoms with van der Waals surface area (Å²) in [6.45, 7) is 0.644. The molecule has 1 heterocycles. The van der Waals surface area contributed by atoms with Crippen molar-refractivity contribution < 1.29 is 4.39 Å². The molecule has 1 aliphatic carbocycles. The van der Waals surface area contributed by atoms with Crippen molar-refractivity contribution >= 4 is 12.2 Å². The van der Waals surface area contributed by atoms with E-state index in [1.54, 1.807) is 33.8 Å². The second kappa shape index (κ2) is 6.07. The normalized spacial score (nSPS) is 16.0. The standard InChI is InChI=1S/C15H19FN4S/c1-18(12-6-2-3-7-12)11-20-15(21)19(10-17-20)14-9-5-4-8-13(14)16/h4-5,8-10,12H,2-3,6-7,11H2,1H3. The smallest absolute Gasteiger partial charge is 0.203 e. The Labute approximate surface area is 128 Å². The Kier molecular flexibility index (Phi) is 4.17. The van der Waals surface area contributed by atoms with Crippen LogP contribution in [-0.4, -0.2) is 32.3 Å². The molecular formula is C15H19FN4S. The second-order valence-electron chi connectivity index (χ2n) is 5.57. The quantitative estimate of drug-likeness (QED) is 0.810. The Morgan fingerprint density at radius 2 is 2.05 bits per heavy atom. The first-order chi connectivity index (χ1) is 10.2. The summed E-state index contributed by atoms with van der Waals surface area (Å²) in [5.74, 6) is -0.294. The van der Waals surface area contributed by atoms with Gasteiger partial charge in [-0.3, -0.25) is 9.47 Å². The summed E-state index contributed by atoms with van der Waals surface area (Å²) in [4.78, 5) is 2.28. The molecule has 1 saturated carbocycles. The van der Waals surface area contributed by atoms with Gasteiger partial charge in [-0.15, -0.1) is 0 Å². The third kappa shape index (κ3) is 2.91. The van der Waals surface area contributed by atoms with Crippen LogP contribution in [0.4, 0.5) is 4.39 Å². The molecule has 1 fully saturated rings. The summed E-state index contributed by atoms with van der Waals surface area (Å²) >= 11 is 5.43. The van der Waals surface area contributed by atoms with Gasteiger partial charge in [0.15, 0.2) is 0 Å². The van der Waals surface area contributed by atoms with Gasteiger partial charge in [0.1, 0.15) is 12.1 Å². The van der Waals surface area contributed by atoms with E-state index >= 15 is 0 Å². The van der Waals surface area contributed by atoms with E-state index in [1.165, 1.54) is 31.7 Å². The lowest BCUT2D eigenvalue weighted by Crippen LogP contribution is -2.31. The topological polar surface area (TPSA) is 26.0 Å². The summed E-state index contributed by atoms with van der Waals surface area (Å²) in [6.07, 6.45) is 6.65. The van der Waals surface area contributed by atoms with Gasteiger partial charge in [0.05, 0.1) is 12.4 Å². The first-order valence-electron chi connectivity index (χ1n) is 7.26. The third-order valence-electron chi connectivity index (χ3n) is 4.15. The number of halogens is 1. The maximum atomic E-state index is 13.9. The average Bonchev–Trinajstić information content (AvgIpc) is 3.11. The third-order valence-corrected chi connectivity index (χ3v) is 4.56. The molecular weight excluding hydrogens is 287 g/mol. The molecule has 0 aliphatic heterocycles. The summed E-state index contributed by atoms with van der Waals surface area (Å²) in [6, 6.07) is 7.20. The number of hydrogen-bond acceptors (Lipinski definition) is 3. The highest BCUT2D eigenvalue weighted by Crippen LogP contribution is 2.22. The Morgan fingerprint density at radius 3 is 2.76 bits per heavy atom. The fourth-order valence-electron chi connectivity index (χ4n) is 2.92. The van der Waals surface area contributed by atoms with E-state index in [9.17, 15) is 4.39 Å². The SMILES string of the molecule is CN(Cn1ncn(-c2ccccc2F)c1=S)C1CCCC1. The molecule has 1 aromatic carbocycles. The van der Waals surface area contributed by atoms with Crippen molar-refractivity contribution in [1.82, 2.24) is 19.2 Å². The van der Waals surface area contributed by atoms with Gasteiger partial charge < -0.3 is 0 Å². The Hall–Kier alpha value is -1.53. The maximum absolute atomic E-state index is 13.9. The van der Waals surface area contributed by atoms with Crippen molar-refractivity contribution in [1.29, 1.82) is 0 Å². The minimum absolute atomic E-state index is 0.294. The van der Waals surface area contributed by atoms with Gasteiger partial charge in [-0.2, -0.15) is 5.10 Å². The molecule has 3 rings (SSSR count). The van der Waals surface area contributed by atoms with Crippen LogP contribution in [0.15, 0.2) is 30.6 Å². The lowest BCUT2D eigenvalue weighted by molar-refractivity contribution is 0.184. The largest absolute Gasteiger partial charge is 0.284 e. The van der Waals surface area contributed by atoms with Crippen LogP contribution in [0.3, 0.4) is 0 Å². The Morgan fingerprint density at radius 1 is 1.33 bits per heavy atom. The fourth-order valence-corrected chi connectivity index (χ4v) is 3.17. The van der Waals surface area contributed by atoms with Crippen LogP contribution in [0.25, 0.3) is 5.69 Å². The molecule has 0 atom stereocenters. The summed E-state index contributed by atoms with van der Waals surface area (Å²) in [5, 5.41) is 4.31. The van der Waals surface area contributed by atoms with Crippen LogP contribution in [0.2, 0.25) is 0 Å². The predicted octanol–water partition coefficient (Wildman–Crippen LogP) is 3.37. The van der Waals surface area contributed by atoms with E-state index in [4.69, 9.17) is 12.2 Å². The number of para-hydroxylation sites is 1. The van der Waals surface area contributed by atoms with Crippen molar-refractivity contribution in [3.8, 4) is 5.69 Å². The predicted molar refractivity (Wildman–Crippen MR) is 82.4 cm³/mol. The molecule has 112 valence electrons. The zero-order valence-electron chi connectivity index (χ0n) is 12.1. The van der Waals surface area contributed by atoms with Crippen molar-refractivity contribution in [2.24, 2.45) is 0 Å². The molecule has 0 N–H and O–H groups in total. The summed E-state index contributed by atoms with van der Waals surface area (Å²) < 4.78 is 17.7. The van der Waals surface area contributed by atoms with E-state index < -0.39 is 0 Å². The van der Waals surface area contributed by atoms with Crippen molar-refractivity contribution in [3.05, 3.63) is 41.2 Å². The van der Waals surface area contributed by atoms with Crippen LogP contribution >= 0.6 is 12.2 Å². The molecule has 0 bridgehead atoms. The van der Waals surface area contributed by atoms with Gasteiger partial charge in [0.2, 0.25) is 4.77 Å². The van der Waals surface area contributed by atoms with Crippen molar-refractivity contribution in [2.75, 3.05) is 7.05 Å². The number of hydrogen-bond donors (Lipinski definition) is 0. The van der Waals surface area contributed by atoms with Gasteiger partial charge in [0, 0.05) is 6.04 Å². The second-order valence-corrected chi connectivity index (χ2v) is 5.94. The van der Waals surface area contributed by atoms with E-state index in [1.807, 2.05) is 0 Å². The highest BCUT2D eigenvalue weighted by molar-refractivity contribution is 7.71. The molecule has 0 unspecified atom stereocenters. The van der Waals surface area contributed by atoms with Gasteiger partial charge >= 0.3 is 0 Å². The molecule has 1 aromatic heterocycles. The zero-order chi connectivity index (χ0) is 14.8. The lowest BCUT2D eigenvalue weighted by atomic mass is 10.2. The van der Waals surface area contributed by atoms with Crippen LogP contribution < -0.4 is 0 Å². The number of aromatic nitrogens is 3. The van der Waals surface area contributed by atoms with E-state index in [2.05, 4.69) is 17.0 Å². The van der Waals surface area contributed by atoms with Crippen LogP contribution in [0.5, 0.6) is 0 Å². The van der Waals surface area contributed by atoms with Gasteiger partial charge in [-0.1, -0.05) is 25.0 Å². The monoisotopic (exact) mass is 306 g/mol. The average molecular weight is 306 g/mol. The number of rotatable bonds is 4. The van der Waals surface area contributed by atoms with Crippen LogP contribution in [0, 0.1) is 10.6 Å². The number of nitrogens with zero attached hydrogens (tertiary/aromatic N) is 4. The molecule has 6 heteroatoms. The first kappa shape index (κ1) is 14.4. The summed E-state index contributed by atoms with van der Waals surface area (Å²) in [5.41, 5.74) is 0.442. The molecule has 0 amide bonds. The molecule has 0 radical (unpaired) electrons. The molecule has 21 heavy (non-hydrogen) atoms. The van der Waals surface area contributed by atoms with E-state index in [0.29, 0.717) is 23.2 Å². The van der Waals surface area contributed by atoms with Crippen LogP contribution in [-0.2, 0) is 6.67 Å². The molecule has 1 aliphatic rings. The molecule has 2 aromatic rings.